The molecule has 0 aromatic heterocycles. The van der Waals surface area contributed by atoms with Gasteiger partial charge in [0.1, 0.15) is 11.2 Å². The molecule has 33 heavy (non-hydrogen) atoms. The molecule has 174 valence electrons. The molecule has 1 aromatic carbocycles. The maximum atomic E-state index is 13.4. The number of hydrogen-bond donors (Lipinski definition) is 2. The molecule has 0 radical (unpaired) electrons. The van der Waals surface area contributed by atoms with Crippen molar-refractivity contribution in [3.8, 4) is 0 Å². The first-order valence-corrected chi connectivity index (χ1v) is 12.0. The molecule has 1 unspecified atom stereocenters. The summed E-state index contributed by atoms with van der Waals surface area (Å²) in [5.41, 5.74) is 13.6. The highest BCUT2D eigenvalue weighted by atomic mass is 35.5. The fraction of sp³-hybridized carbons (Fsp3) is 0.500. The third kappa shape index (κ3) is 3.70. The van der Waals surface area contributed by atoms with Crippen LogP contribution in [0.25, 0.3) is 0 Å². The van der Waals surface area contributed by atoms with Gasteiger partial charge in [0.25, 0.3) is 0 Å². The quantitative estimate of drug-likeness (QED) is 0.512. The van der Waals surface area contributed by atoms with Gasteiger partial charge < -0.3 is 16.2 Å². The number of carbonyl (C=O) groups is 2. The molecule has 1 atom stereocenters. The zero-order valence-electron chi connectivity index (χ0n) is 18.6. The molecule has 8 nitrogen and oxygen atoms in total. The minimum absolute atomic E-state index is 0.0478. The van der Waals surface area contributed by atoms with Gasteiger partial charge in [-0.05, 0) is 69.1 Å². The summed E-state index contributed by atoms with van der Waals surface area (Å²) in [7, 11) is 0. The number of hydrogen-bond acceptors (Lipinski definition) is 8. The van der Waals surface area contributed by atoms with Gasteiger partial charge in [-0.25, -0.2) is 9.79 Å². The van der Waals surface area contributed by atoms with E-state index in [0.717, 1.165) is 50.5 Å². The largest absolute Gasteiger partial charge is 0.462 e. The Kier molecular flexibility index (Phi) is 5.43. The second-order valence-corrected chi connectivity index (χ2v) is 9.61. The van der Waals surface area contributed by atoms with E-state index in [1.165, 1.54) is 0 Å². The van der Waals surface area contributed by atoms with Crippen molar-refractivity contribution >= 4 is 41.0 Å². The first-order chi connectivity index (χ1) is 15.8. The van der Waals surface area contributed by atoms with Gasteiger partial charge in [-0.2, -0.15) is 4.99 Å². The van der Waals surface area contributed by atoms with Crippen molar-refractivity contribution in [2.75, 3.05) is 11.5 Å². The van der Waals surface area contributed by atoms with Crippen LogP contribution in [-0.2, 0) is 9.53 Å². The van der Waals surface area contributed by atoms with Crippen molar-refractivity contribution < 1.29 is 14.3 Å². The van der Waals surface area contributed by atoms with Crippen LogP contribution in [0, 0.1) is 5.92 Å². The summed E-state index contributed by atoms with van der Waals surface area (Å²) in [6.07, 6.45) is 8.42. The van der Waals surface area contributed by atoms with Crippen LogP contribution >= 0.6 is 11.6 Å². The summed E-state index contributed by atoms with van der Waals surface area (Å²) in [4.78, 5) is 36.7. The Morgan fingerprint density at radius 1 is 1.24 bits per heavy atom. The van der Waals surface area contributed by atoms with E-state index in [4.69, 9.17) is 32.8 Å². The molecule has 1 spiro atoms. The summed E-state index contributed by atoms with van der Waals surface area (Å²) in [5.74, 6) is -0.249. The monoisotopic (exact) mass is 469 g/mol. The number of nitrogens with zero attached hydrogens (tertiary/aromatic N) is 3. The molecule has 9 heteroatoms. The third-order valence-electron chi connectivity index (χ3n) is 7.03. The maximum absolute atomic E-state index is 13.4. The lowest BCUT2D eigenvalue weighted by atomic mass is 9.80. The zero-order chi connectivity index (χ0) is 23.3. The van der Waals surface area contributed by atoms with Crippen LogP contribution in [0.3, 0.4) is 0 Å². The van der Waals surface area contributed by atoms with Gasteiger partial charge in [-0.3, -0.25) is 9.69 Å². The molecule has 3 aliphatic carbocycles. The standard InChI is InChI=1S/C24H28ClN5O3/c1-2-33-21(32)17-10-14(13-6-7-13)15-11-18(25)19(12-16(15)20(17)31)30-23(27)28-22(26)29-24(30)8-4-3-5-9-24/h10-14H,2-9H2,1H3,(H4,26,27,28,29). The second-order valence-electron chi connectivity index (χ2n) is 9.20. The van der Waals surface area contributed by atoms with Crippen LogP contribution < -0.4 is 16.4 Å². The summed E-state index contributed by atoms with van der Waals surface area (Å²) < 4.78 is 5.17. The Hall–Kier alpha value is -2.87. The number of esters is 1. The van der Waals surface area contributed by atoms with E-state index >= 15 is 0 Å². The molecule has 2 saturated carbocycles. The molecule has 4 N–H and O–H groups in total. The third-order valence-corrected chi connectivity index (χ3v) is 7.33. The lowest BCUT2D eigenvalue weighted by Gasteiger charge is -2.46. The highest BCUT2D eigenvalue weighted by Gasteiger charge is 2.45. The number of benzene rings is 1. The average molecular weight is 470 g/mol. The lowest BCUT2D eigenvalue weighted by Crippen LogP contribution is -2.58. The Labute approximate surface area is 197 Å². The predicted octanol–water partition coefficient (Wildman–Crippen LogP) is 3.63. The molecular weight excluding hydrogens is 442 g/mol. The van der Waals surface area contributed by atoms with E-state index in [1.807, 2.05) is 11.0 Å². The van der Waals surface area contributed by atoms with Crippen molar-refractivity contribution in [1.82, 2.24) is 0 Å². The Morgan fingerprint density at radius 2 is 1.97 bits per heavy atom. The van der Waals surface area contributed by atoms with E-state index in [0.29, 0.717) is 22.2 Å². The molecule has 0 bridgehead atoms. The average Bonchev–Trinajstić information content (AvgIpc) is 3.60. The molecule has 1 aliphatic heterocycles. The second kappa shape index (κ2) is 8.17. The Morgan fingerprint density at radius 3 is 2.64 bits per heavy atom. The number of nitrogens with two attached hydrogens (primary N) is 2. The lowest BCUT2D eigenvalue weighted by molar-refractivity contribution is -0.138. The number of carbonyl (C=O) groups excluding carboxylic acids is 2. The van der Waals surface area contributed by atoms with Crippen LogP contribution in [0.15, 0.2) is 33.8 Å². The van der Waals surface area contributed by atoms with Gasteiger partial charge in [0.2, 0.25) is 11.9 Å². The van der Waals surface area contributed by atoms with E-state index in [-0.39, 0.29) is 35.8 Å². The summed E-state index contributed by atoms with van der Waals surface area (Å²) in [6, 6.07) is 3.59. The molecular formula is C24H28ClN5O3. The van der Waals surface area contributed by atoms with E-state index < -0.39 is 11.6 Å². The minimum Gasteiger partial charge on any atom is -0.462 e. The number of ether oxygens (including phenoxy) is 1. The number of guanidine groups is 2. The van der Waals surface area contributed by atoms with Crippen LogP contribution in [0.2, 0.25) is 5.02 Å². The van der Waals surface area contributed by atoms with Gasteiger partial charge >= 0.3 is 5.97 Å². The number of anilines is 1. The van der Waals surface area contributed by atoms with Gasteiger partial charge in [0.15, 0.2) is 5.78 Å². The number of allylic oxidation sites excluding steroid dienone is 1. The van der Waals surface area contributed by atoms with Gasteiger partial charge in [-0.15, -0.1) is 0 Å². The summed E-state index contributed by atoms with van der Waals surface area (Å²) in [5, 5.41) is 0.471. The first-order valence-electron chi connectivity index (χ1n) is 11.6. The van der Waals surface area contributed by atoms with Crippen molar-refractivity contribution in [1.29, 1.82) is 0 Å². The maximum Gasteiger partial charge on any atom is 0.341 e. The highest BCUT2D eigenvalue weighted by Crippen LogP contribution is 2.50. The molecule has 1 aromatic rings. The Bertz CT molecular complexity index is 1120. The molecule has 0 saturated heterocycles. The Balaban J connectivity index is 1.63. The number of rotatable bonds is 4. The summed E-state index contributed by atoms with van der Waals surface area (Å²) in [6.45, 7) is 1.93. The van der Waals surface area contributed by atoms with Crippen LogP contribution in [0.5, 0.6) is 0 Å². The molecule has 0 amide bonds. The number of Topliss-reactive ketones (excluding diaryl/α,β-unsaturated/α-hetero) is 1. The first kappa shape index (κ1) is 21.9. The topological polar surface area (TPSA) is 123 Å². The van der Waals surface area contributed by atoms with Crippen LogP contribution in [0.1, 0.15) is 73.7 Å². The molecule has 2 fully saturated rings. The highest BCUT2D eigenvalue weighted by molar-refractivity contribution is 6.35. The van der Waals surface area contributed by atoms with E-state index in [1.54, 1.807) is 19.1 Å². The van der Waals surface area contributed by atoms with Crippen molar-refractivity contribution in [2.45, 2.75) is 63.5 Å². The smallest absolute Gasteiger partial charge is 0.341 e. The summed E-state index contributed by atoms with van der Waals surface area (Å²) >= 11 is 6.83. The van der Waals surface area contributed by atoms with Gasteiger partial charge in [-0.1, -0.05) is 24.1 Å². The van der Waals surface area contributed by atoms with Crippen LogP contribution in [0.4, 0.5) is 5.69 Å². The number of fused-ring (bicyclic) bond motifs is 1. The number of halogens is 1. The predicted molar refractivity (Wildman–Crippen MR) is 128 cm³/mol. The number of ketones is 1. The van der Waals surface area contributed by atoms with Crippen molar-refractivity contribution in [3.05, 3.63) is 39.9 Å². The SMILES string of the molecule is CCOC(=O)C1=CC(C2CC2)c2cc(Cl)c(N3C(N)=NC(N)=NC34CCCCC4)cc2C1=O. The normalized spacial score (nSPS) is 24.1. The van der Waals surface area contributed by atoms with E-state index in [2.05, 4.69) is 4.99 Å². The minimum atomic E-state index is -0.681. The molecule has 1 heterocycles. The van der Waals surface area contributed by atoms with Crippen molar-refractivity contribution in [2.24, 2.45) is 27.4 Å². The fourth-order valence-electron chi connectivity index (χ4n) is 5.40. The van der Waals surface area contributed by atoms with E-state index in [9.17, 15) is 9.59 Å². The number of aliphatic imine (C=N–C) groups is 2. The molecule has 4 aliphatic rings. The fourth-order valence-corrected chi connectivity index (χ4v) is 5.65. The van der Waals surface area contributed by atoms with Crippen LogP contribution in [-0.4, -0.2) is 35.9 Å². The molecule has 5 rings (SSSR count). The van der Waals surface area contributed by atoms with Crippen molar-refractivity contribution in [3.63, 3.8) is 0 Å². The zero-order valence-corrected chi connectivity index (χ0v) is 19.4. The van der Waals surface area contributed by atoms with Gasteiger partial charge in [0.05, 0.1) is 17.3 Å². The van der Waals surface area contributed by atoms with Gasteiger partial charge in [0, 0.05) is 11.5 Å².